The molecule has 1 aromatic heterocycles. The third-order valence-electron chi connectivity index (χ3n) is 3.06. The average molecular weight is 249 g/mol. The summed E-state index contributed by atoms with van der Waals surface area (Å²) in [5, 5.41) is 15.5. The molecular weight excluding hydrogens is 234 g/mol. The van der Waals surface area contributed by atoms with Gasteiger partial charge in [-0.2, -0.15) is 5.10 Å². The number of aryl methyl sites for hydroxylation is 1. The molecule has 2 N–H and O–H groups in total. The smallest absolute Gasteiger partial charge is 0.311 e. The van der Waals surface area contributed by atoms with Gasteiger partial charge in [0.15, 0.2) is 0 Å². The predicted octanol–water partition coefficient (Wildman–Crippen LogP) is 0.414. The van der Waals surface area contributed by atoms with Crippen LogP contribution in [0.2, 0.25) is 0 Å². The Bertz CT molecular complexity index is 500. The number of hydrogen-bond acceptors (Lipinski definition) is 3. The van der Waals surface area contributed by atoms with Gasteiger partial charge in [0.05, 0.1) is 11.6 Å². The van der Waals surface area contributed by atoms with Crippen molar-refractivity contribution in [3.8, 4) is 0 Å². The Hall–Kier alpha value is -2.11. The molecule has 0 bridgehead atoms. The summed E-state index contributed by atoms with van der Waals surface area (Å²) in [5.74, 6) is -1.12. The first-order valence-electron chi connectivity index (χ1n) is 5.70. The Labute approximate surface area is 104 Å². The van der Waals surface area contributed by atoms with Gasteiger partial charge in [0.25, 0.3) is 0 Å². The maximum absolute atomic E-state index is 11.5. The van der Waals surface area contributed by atoms with Crippen LogP contribution in [0, 0.1) is 5.41 Å². The minimum atomic E-state index is -0.834. The standard InChI is InChI=1S/C12H15N3O3/c1-15-7-9(6-14-15)2-3-10(16)13-8-12(4-5-12)11(17)18/h2-3,6-7H,4-5,8H2,1H3,(H,13,16)(H,17,18)/b3-2+. The summed E-state index contributed by atoms with van der Waals surface area (Å²) in [7, 11) is 1.79. The van der Waals surface area contributed by atoms with E-state index in [1.54, 1.807) is 30.2 Å². The number of nitrogens with zero attached hydrogens (tertiary/aromatic N) is 2. The SMILES string of the molecule is Cn1cc(/C=C/C(=O)NCC2(C(=O)O)CC2)cn1. The van der Waals surface area contributed by atoms with Crippen molar-refractivity contribution >= 4 is 18.0 Å². The van der Waals surface area contributed by atoms with Crippen LogP contribution in [0.3, 0.4) is 0 Å². The lowest BCUT2D eigenvalue weighted by Crippen LogP contribution is -2.33. The number of hydrogen-bond donors (Lipinski definition) is 2. The van der Waals surface area contributed by atoms with Gasteiger partial charge in [-0.15, -0.1) is 0 Å². The molecule has 1 heterocycles. The van der Waals surface area contributed by atoms with Crippen LogP contribution in [0.4, 0.5) is 0 Å². The van der Waals surface area contributed by atoms with Crippen molar-refractivity contribution in [3.05, 3.63) is 24.0 Å². The van der Waals surface area contributed by atoms with E-state index in [0.717, 1.165) is 5.56 Å². The van der Waals surface area contributed by atoms with Gasteiger partial charge < -0.3 is 10.4 Å². The highest BCUT2D eigenvalue weighted by Crippen LogP contribution is 2.45. The highest BCUT2D eigenvalue weighted by molar-refractivity contribution is 5.92. The fourth-order valence-electron chi connectivity index (χ4n) is 1.63. The summed E-state index contributed by atoms with van der Waals surface area (Å²) in [6.45, 7) is 0.193. The van der Waals surface area contributed by atoms with E-state index < -0.39 is 11.4 Å². The minimum Gasteiger partial charge on any atom is -0.481 e. The summed E-state index contributed by atoms with van der Waals surface area (Å²) in [5.41, 5.74) is 0.102. The first kappa shape index (κ1) is 12.3. The Balaban J connectivity index is 1.82. The van der Waals surface area contributed by atoms with Gasteiger partial charge in [0.1, 0.15) is 0 Å². The van der Waals surface area contributed by atoms with Crippen molar-refractivity contribution in [2.24, 2.45) is 12.5 Å². The molecule has 1 fully saturated rings. The number of carboxylic acids is 1. The molecule has 0 aromatic carbocycles. The summed E-state index contributed by atoms with van der Waals surface area (Å²) < 4.78 is 1.64. The van der Waals surface area contributed by atoms with E-state index >= 15 is 0 Å². The van der Waals surface area contributed by atoms with Gasteiger partial charge in [-0.25, -0.2) is 0 Å². The second-order valence-corrected chi connectivity index (χ2v) is 4.58. The van der Waals surface area contributed by atoms with E-state index in [0.29, 0.717) is 12.8 Å². The molecular formula is C12H15N3O3. The van der Waals surface area contributed by atoms with E-state index in [1.807, 2.05) is 0 Å². The summed E-state index contributed by atoms with van der Waals surface area (Å²) in [4.78, 5) is 22.4. The molecule has 1 aromatic rings. The average Bonchev–Trinajstić information content (AvgIpc) is 3.02. The summed E-state index contributed by atoms with van der Waals surface area (Å²) >= 11 is 0. The van der Waals surface area contributed by atoms with Crippen molar-refractivity contribution < 1.29 is 14.7 Å². The molecule has 1 aliphatic rings. The Kier molecular flexibility index (Phi) is 3.18. The van der Waals surface area contributed by atoms with Crippen LogP contribution in [0.25, 0.3) is 6.08 Å². The molecule has 0 saturated heterocycles. The van der Waals surface area contributed by atoms with Crippen molar-refractivity contribution in [2.45, 2.75) is 12.8 Å². The zero-order chi connectivity index (χ0) is 13.2. The highest BCUT2D eigenvalue weighted by atomic mass is 16.4. The molecule has 1 saturated carbocycles. The van der Waals surface area contributed by atoms with Gasteiger partial charge in [-0.05, 0) is 18.9 Å². The van der Waals surface area contributed by atoms with Crippen LogP contribution in [0.5, 0.6) is 0 Å². The lowest BCUT2D eigenvalue weighted by atomic mass is 10.1. The topological polar surface area (TPSA) is 84.2 Å². The second-order valence-electron chi connectivity index (χ2n) is 4.58. The molecule has 0 unspecified atom stereocenters. The largest absolute Gasteiger partial charge is 0.481 e. The van der Waals surface area contributed by atoms with Crippen molar-refractivity contribution in [3.63, 3.8) is 0 Å². The summed E-state index contributed by atoms with van der Waals surface area (Å²) in [6, 6.07) is 0. The monoisotopic (exact) mass is 249 g/mol. The predicted molar refractivity (Wildman–Crippen MR) is 64.6 cm³/mol. The van der Waals surface area contributed by atoms with Crippen LogP contribution >= 0.6 is 0 Å². The van der Waals surface area contributed by atoms with Crippen LogP contribution in [-0.4, -0.2) is 33.3 Å². The number of amides is 1. The van der Waals surface area contributed by atoms with Gasteiger partial charge in [-0.1, -0.05) is 0 Å². The number of carboxylic acid groups (broad SMARTS) is 1. The van der Waals surface area contributed by atoms with E-state index in [1.165, 1.54) is 6.08 Å². The molecule has 1 amide bonds. The number of aliphatic carboxylic acids is 1. The normalized spacial score (nSPS) is 16.7. The van der Waals surface area contributed by atoms with Gasteiger partial charge in [0.2, 0.25) is 5.91 Å². The van der Waals surface area contributed by atoms with Gasteiger partial charge in [0, 0.05) is 31.4 Å². The van der Waals surface area contributed by atoms with Gasteiger partial charge in [-0.3, -0.25) is 14.3 Å². The van der Waals surface area contributed by atoms with E-state index in [9.17, 15) is 9.59 Å². The number of aromatic nitrogens is 2. The van der Waals surface area contributed by atoms with Crippen LogP contribution in [0.15, 0.2) is 18.5 Å². The number of rotatable bonds is 5. The maximum Gasteiger partial charge on any atom is 0.311 e. The Morgan fingerprint density at radius 1 is 1.61 bits per heavy atom. The van der Waals surface area contributed by atoms with Crippen molar-refractivity contribution in [1.29, 1.82) is 0 Å². The minimum absolute atomic E-state index is 0.193. The second kappa shape index (κ2) is 4.64. The Morgan fingerprint density at radius 2 is 2.33 bits per heavy atom. The first-order valence-corrected chi connectivity index (χ1v) is 5.70. The quantitative estimate of drug-likeness (QED) is 0.740. The molecule has 0 spiro atoms. The molecule has 6 heteroatoms. The fraction of sp³-hybridized carbons (Fsp3) is 0.417. The highest BCUT2D eigenvalue weighted by Gasteiger charge is 2.50. The zero-order valence-electron chi connectivity index (χ0n) is 10.1. The van der Waals surface area contributed by atoms with Gasteiger partial charge >= 0.3 is 5.97 Å². The molecule has 6 nitrogen and oxygen atoms in total. The fourth-order valence-corrected chi connectivity index (χ4v) is 1.63. The molecule has 2 rings (SSSR count). The van der Waals surface area contributed by atoms with Crippen molar-refractivity contribution in [2.75, 3.05) is 6.54 Å². The van der Waals surface area contributed by atoms with Crippen molar-refractivity contribution in [1.82, 2.24) is 15.1 Å². The molecule has 96 valence electrons. The molecule has 18 heavy (non-hydrogen) atoms. The number of carbonyl (C=O) groups is 2. The van der Waals surface area contributed by atoms with Crippen LogP contribution < -0.4 is 5.32 Å². The van der Waals surface area contributed by atoms with Crippen LogP contribution in [0.1, 0.15) is 18.4 Å². The van der Waals surface area contributed by atoms with E-state index in [-0.39, 0.29) is 12.5 Å². The van der Waals surface area contributed by atoms with E-state index in [4.69, 9.17) is 5.11 Å². The first-order chi connectivity index (χ1) is 8.52. The number of nitrogens with one attached hydrogen (secondary N) is 1. The van der Waals surface area contributed by atoms with Crippen LogP contribution in [-0.2, 0) is 16.6 Å². The Morgan fingerprint density at radius 3 is 2.83 bits per heavy atom. The summed E-state index contributed by atoms with van der Waals surface area (Å²) in [6.07, 6.45) is 7.72. The third kappa shape index (κ3) is 2.77. The number of carbonyl (C=O) groups excluding carboxylic acids is 1. The lowest BCUT2D eigenvalue weighted by molar-refractivity contribution is -0.143. The third-order valence-corrected chi connectivity index (χ3v) is 3.06. The zero-order valence-corrected chi connectivity index (χ0v) is 10.1. The lowest BCUT2D eigenvalue weighted by Gasteiger charge is -2.09. The van der Waals surface area contributed by atoms with E-state index in [2.05, 4.69) is 10.4 Å². The molecule has 0 atom stereocenters. The molecule has 0 radical (unpaired) electrons. The molecule has 1 aliphatic carbocycles. The maximum atomic E-state index is 11.5. The molecule has 0 aliphatic heterocycles.